The molecule has 142 valence electrons. The molecule has 6 nitrogen and oxygen atoms in total. The van der Waals surface area contributed by atoms with Crippen molar-refractivity contribution >= 4 is 23.2 Å². The first kappa shape index (κ1) is 18.9. The van der Waals surface area contributed by atoms with Crippen LogP contribution in [0.25, 0.3) is 0 Å². The number of hydrogen-bond acceptors (Lipinski definition) is 4. The highest BCUT2D eigenvalue weighted by Crippen LogP contribution is 2.13. The van der Waals surface area contributed by atoms with Crippen LogP contribution >= 0.6 is 0 Å². The third-order valence-electron chi connectivity index (χ3n) is 4.39. The number of aryl methyl sites for hydroxylation is 1. The summed E-state index contributed by atoms with van der Waals surface area (Å²) in [5.74, 6) is -0.285. The third kappa shape index (κ3) is 5.82. The summed E-state index contributed by atoms with van der Waals surface area (Å²) in [6.07, 6.45) is 2.14. The van der Waals surface area contributed by atoms with Crippen LogP contribution in [-0.4, -0.2) is 37.6 Å². The molecule has 1 saturated heterocycles. The number of amides is 2. The van der Waals surface area contributed by atoms with Crippen LogP contribution in [0.1, 0.15) is 28.8 Å². The van der Waals surface area contributed by atoms with E-state index in [4.69, 9.17) is 4.74 Å². The Morgan fingerprint density at radius 1 is 1.11 bits per heavy atom. The molecule has 27 heavy (non-hydrogen) atoms. The molecule has 1 heterocycles. The van der Waals surface area contributed by atoms with Gasteiger partial charge in [-0.05, 0) is 55.7 Å². The van der Waals surface area contributed by atoms with Crippen LogP contribution in [0, 0.1) is 6.92 Å². The summed E-state index contributed by atoms with van der Waals surface area (Å²) in [4.78, 5) is 24.4. The molecule has 0 bridgehead atoms. The quantitative estimate of drug-likeness (QED) is 0.703. The number of rotatable bonds is 7. The van der Waals surface area contributed by atoms with Gasteiger partial charge in [-0.15, -0.1) is 0 Å². The van der Waals surface area contributed by atoms with Gasteiger partial charge >= 0.3 is 0 Å². The SMILES string of the molecule is Cc1cccc(NC(=O)CNc2cccc(C(=O)NCC3CCCO3)c2)c1. The molecule has 1 aliphatic rings. The molecule has 3 N–H and O–H groups in total. The number of ether oxygens (including phenoxy) is 1. The van der Waals surface area contributed by atoms with E-state index in [1.807, 2.05) is 37.3 Å². The molecule has 1 aliphatic heterocycles. The van der Waals surface area contributed by atoms with Gasteiger partial charge in [0.05, 0.1) is 12.6 Å². The Hall–Kier alpha value is -2.86. The van der Waals surface area contributed by atoms with Crippen LogP contribution < -0.4 is 16.0 Å². The smallest absolute Gasteiger partial charge is 0.251 e. The van der Waals surface area contributed by atoms with Crippen LogP contribution in [0.15, 0.2) is 48.5 Å². The molecule has 3 rings (SSSR count). The molecule has 2 aromatic rings. The van der Waals surface area contributed by atoms with Gasteiger partial charge < -0.3 is 20.7 Å². The molecule has 1 atom stereocenters. The van der Waals surface area contributed by atoms with Crippen molar-refractivity contribution in [2.75, 3.05) is 30.3 Å². The fourth-order valence-corrected chi connectivity index (χ4v) is 2.99. The van der Waals surface area contributed by atoms with Crippen molar-refractivity contribution in [2.24, 2.45) is 0 Å². The van der Waals surface area contributed by atoms with Gasteiger partial charge in [0.2, 0.25) is 5.91 Å². The summed E-state index contributed by atoms with van der Waals surface area (Å²) in [6.45, 7) is 3.39. The number of hydrogen-bond donors (Lipinski definition) is 3. The zero-order chi connectivity index (χ0) is 19.1. The zero-order valence-corrected chi connectivity index (χ0v) is 15.5. The summed E-state index contributed by atoms with van der Waals surface area (Å²) in [7, 11) is 0. The van der Waals surface area contributed by atoms with Crippen LogP contribution in [0.3, 0.4) is 0 Å². The zero-order valence-electron chi connectivity index (χ0n) is 15.5. The Labute approximate surface area is 159 Å². The number of carbonyl (C=O) groups is 2. The molecule has 0 aliphatic carbocycles. The molecule has 1 fully saturated rings. The molecule has 0 aromatic heterocycles. The van der Waals surface area contributed by atoms with E-state index >= 15 is 0 Å². The normalized spacial score (nSPS) is 16.0. The number of carbonyl (C=O) groups excluding carboxylic acids is 2. The van der Waals surface area contributed by atoms with Crippen molar-refractivity contribution < 1.29 is 14.3 Å². The maximum atomic E-state index is 12.3. The average molecular weight is 367 g/mol. The Kier molecular flexibility index (Phi) is 6.44. The minimum absolute atomic E-state index is 0.112. The number of anilines is 2. The first-order valence-corrected chi connectivity index (χ1v) is 9.20. The number of benzene rings is 2. The fourth-order valence-electron chi connectivity index (χ4n) is 2.99. The Morgan fingerprint density at radius 3 is 2.70 bits per heavy atom. The van der Waals surface area contributed by atoms with Crippen LogP contribution in [-0.2, 0) is 9.53 Å². The second-order valence-electron chi connectivity index (χ2n) is 6.70. The van der Waals surface area contributed by atoms with Crippen LogP contribution in [0.2, 0.25) is 0 Å². The lowest BCUT2D eigenvalue weighted by atomic mass is 10.1. The Morgan fingerprint density at radius 2 is 1.93 bits per heavy atom. The fraction of sp³-hybridized carbons (Fsp3) is 0.333. The molecule has 2 aromatic carbocycles. The molecule has 0 radical (unpaired) electrons. The van der Waals surface area contributed by atoms with Gasteiger partial charge in [0.25, 0.3) is 5.91 Å². The van der Waals surface area contributed by atoms with Crippen molar-refractivity contribution in [1.29, 1.82) is 0 Å². The van der Waals surface area contributed by atoms with E-state index in [0.29, 0.717) is 12.1 Å². The lowest BCUT2D eigenvalue weighted by molar-refractivity contribution is -0.114. The minimum atomic E-state index is -0.145. The van der Waals surface area contributed by atoms with Crippen molar-refractivity contribution in [3.05, 3.63) is 59.7 Å². The predicted octanol–water partition coefficient (Wildman–Crippen LogP) is 2.95. The van der Waals surface area contributed by atoms with E-state index in [-0.39, 0.29) is 24.5 Å². The number of nitrogens with one attached hydrogen (secondary N) is 3. The summed E-state index contributed by atoms with van der Waals surface area (Å²) in [6, 6.07) is 14.8. The highest BCUT2D eigenvalue weighted by molar-refractivity contribution is 5.96. The van der Waals surface area contributed by atoms with E-state index in [0.717, 1.165) is 36.4 Å². The average Bonchev–Trinajstić information content (AvgIpc) is 3.18. The summed E-state index contributed by atoms with van der Waals surface area (Å²) in [5, 5.41) is 8.80. The van der Waals surface area contributed by atoms with E-state index in [1.54, 1.807) is 18.2 Å². The van der Waals surface area contributed by atoms with Crippen LogP contribution in [0.5, 0.6) is 0 Å². The minimum Gasteiger partial charge on any atom is -0.376 e. The van der Waals surface area contributed by atoms with Crippen molar-refractivity contribution in [2.45, 2.75) is 25.9 Å². The van der Waals surface area contributed by atoms with E-state index < -0.39 is 0 Å². The second-order valence-corrected chi connectivity index (χ2v) is 6.70. The van der Waals surface area contributed by atoms with Gasteiger partial charge in [-0.1, -0.05) is 18.2 Å². The van der Waals surface area contributed by atoms with E-state index in [9.17, 15) is 9.59 Å². The van der Waals surface area contributed by atoms with Gasteiger partial charge in [0.1, 0.15) is 0 Å². The highest BCUT2D eigenvalue weighted by Gasteiger charge is 2.16. The standard InChI is InChI=1S/C21H25N3O3/c1-15-5-2-8-18(11-15)24-20(25)14-22-17-7-3-6-16(12-17)21(26)23-13-19-9-4-10-27-19/h2-3,5-8,11-12,19,22H,4,9-10,13-14H2,1H3,(H,23,26)(H,24,25). The molecular formula is C21H25N3O3. The lowest BCUT2D eigenvalue weighted by Gasteiger charge is -2.12. The second kappa shape index (κ2) is 9.19. The van der Waals surface area contributed by atoms with E-state index in [1.165, 1.54) is 0 Å². The summed E-state index contributed by atoms with van der Waals surface area (Å²) < 4.78 is 5.51. The summed E-state index contributed by atoms with van der Waals surface area (Å²) >= 11 is 0. The van der Waals surface area contributed by atoms with Crippen molar-refractivity contribution in [3.63, 3.8) is 0 Å². The molecule has 2 amide bonds. The predicted molar refractivity (Wildman–Crippen MR) is 106 cm³/mol. The highest BCUT2D eigenvalue weighted by atomic mass is 16.5. The lowest BCUT2D eigenvalue weighted by Crippen LogP contribution is -2.31. The monoisotopic (exact) mass is 367 g/mol. The molecule has 0 saturated carbocycles. The molecule has 0 spiro atoms. The summed E-state index contributed by atoms with van der Waals surface area (Å²) in [5.41, 5.74) is 3.13. The molecular weight excluding hydrogens is 342 g/mol. The third-order valence-corrected chi connectivity index (χ3v) is 4.39. The Bertz CT molecular complexity index is 801. The van der Waals surface area contributed by atoms with Gasteiger partial charge in [-0.2, -0.15) is 0 Å². The molecule has 6 heteroatoms. The van der Waals surface area contributed by atoms with Gasteiger partial charge in [-0.25, -0.2) is 0 Å². The van der Waals surface area contributed by atoms with E-state index in [2.05, 4.69) is 16.0 Å². The Balaban J connectivity index is 1.49. The topological polar surface area (TPSA) is 79.5 Å². The van der Waals surface area contributed by atoms with Gasteiger partial charge in [0, 0.05) is 30.1 Å². The maximum Gasteiger partial charge on any atom is 0.251 e. The molecule has 1 unspecified atom stereocenters. The largest absolute Gasteiger partial charge is 0.376 e. The van der Waals surface area contributed by atoms with Crippen molar-refractivity contribution in [1.82, 2.24) is 5.32 Å². The first-order valence-electron chi connectivity index (χ1n) is 9.20. The maximum absolute atomic E-state index is 12.3. The first-order chi connectivity index (χ1) is 13.1. The van der Waals surface area contributed by atoms with Gasteiger partial charge in [0.15, 0.2) is 0 Å². The van der Waals surface area contributed by atoms with Crippen molar-refractivity contribution in [3.8, 4) is 0 Å². The van der Waals surface area contributed by atoms with Gasteiger partial charge in [-0.3, -0.25) is 9.59 Å². The van der Waals surface area contributed by atoms with Crippen LogP contribution in [0.4, 0.5) is 11.4 Å².